The van der Waals surface area contributed by atoms with E-state index in [2.05, 4.69) is 17.6 Å². The minimum atomic E-state index is -1.16. The van der Waals surface area contributed by atoms with Gasteiger partial charge in [-0.3, -0.25) is 24.4 Å². The fourth-order valence-electron chi connectivity index (χ4n) is 6.60. The van der Waals surface area contributed by atoms with Crippen molar-refractivity contribution in [3.63, 3.8) is 0 Å². The number of nitriles is 1. The second-order valence-corrected chi connectivity index (χ2v) is 12.8. The van der Waals surface area contributed by atoms with E-state index < -0.39 is 23.5 Å². The first-order valence-electron chi connectivity index (χ1n) is 16.5. The van der Waals surface area contributed by atoms with Gasteiger partial charge in [-0.15, -0.1) is 0 Å². The average molecular weight is 657 g/mol. The first-order valence-corrected chi connectivity index (χ1v) is 16.5. The van der Waals surface area contributed by atoms with Crippen LogP contribution >= 0.6 is 0 Å². The fraction of sp³-hybridized carbons (Fsp3) is 0.432. The zero-order chi connectivity index (χ0) is 34.7. The molecule has 11 heteroatoms. The molecular formula is C37H42F2N6O3. The number of nitrogens with zero attached hydrogens (tertiary/aromatic N) is 6. The molecule has 2 aliphatic rings. The van der Waals surface area contributed by atoms with Crippen LogP contribution in [0.5, 0.6) is 5.75 Å². The number of carbonyl (C=O) groups is 2. The monoisotopic (exact) mass is 656 g/mol. The lowest BCUT2D eigenvalue weighted by Crippen LogP contribution is -2.59. The van der Waals surface area contributed by atoms with Crippen molar-refractivity contribution in [2.24, 2.45) is 5.92 Å². The fourth-order valence-corrected chi connectivity index (χ4v) is 6.60. The molecule has 48 heavy (non-hydrogen) atoms. The van der Waals surface area contributed by atoms with Crippen molar-refractivity contribution in [3.05, 3.63) is 77.6 Å². The van der Waals surface area contributed by atoms with E-state index in [1.165, 1.54) is 29.2 Å². The van der Waals surface area contributed by atoms with Crippen LogP contribution in [-0.4, -0.2) is 69.9 Å². The van der Waals surface area contributed by atoms with E-state index in [0.29, 0.717) is 49.3 Å². The van der Waals surface area contributed by atoms with E-state index in [1.54, 1.807) is 17.2 Å². The van der Waals surface area contributed by atoms with Crippen molar-refractivity contribution in [2.75, 3.05) is 31.1 Å². The molecule has 2 bridgehead atoms. The van der Waals surface area contributed by atoms with E-state index in [9.17, 15) is 14.9 Å². The number of aryl methyl sites for hydroxylation is 2. The van der Waals surface area contributed by atoms with Crippen molar-refractivity contribution in [3.8, 4) is 23.1 Å². The standard InChI is InChI=1S/C37H42F2N6O3/c1-7-25-17-29(39)34-32-28(38)12-9-13-30(32)48-16-10-11-26-14-15-41-33(22(3)4)35(26)45(36(25)42-34)37(47)27(18-40)21-43-19-24(6)44(20-23(43)5)31(46)8-2/h8-9,12-15,17,22-24,27H,2,7,10-11,16,19-21H2,1,3-6H3. The Balaban J connectivity index is 1.70. The van der Waals surface area contributed by atoms with Crippen LogP contribution in [0.1, 0.15) is 63.8 Å². The molecule has 5 rings (SSSR count). The van der Waals surface area contributed by atoms with Crippen LogP contribution in [0.2, 0.25) is 0 Å². The molecule has 0 saturated carbocycles. The zero-order valence-corrected chi connectivity index (χ0v) is 28.2. The lowest BCUT2D eigenvalue weighted by molar-refractivity contribution is -0.132. The van der Waals surface area contributed by atoms with Gasteiger partial charge in [0.25, 0.3) is 5.91 Å². The van der Waals surface area contributed by atoms with Gasteiger partial charge in [0.1, 0.15) is 34.8 Å². The summed E-state index contributed by atoms with van der Waals surface area (Å²) in [5, 5.41) is 10.6. The number of hydrogen-bond acceptors (Lipinski definition) is 7. The summed E-state index contributed by atoms with van der Waals surface area (Å²) < 4.78 is 37.4. The van der Waals surface area contributed by atoms with E-state index in [1.807, 2.05) is 45.6 Å². The minimum Gasteiger partial charge on any atom is -0.493 e. The van der Waals surface area contributed by atoms with Gasteiger partial charge in [0.2, 0.25) is 5.91 Å². The molecule has 3 atom stereocenters. The smallest absolute Gasteiger partial charge is 0.251 e. The molecule has 2 amide bonds. The lowest BCUT2D eigenvalue weighted by Gasteiger charge is -2.44. The molecule has 2 aromatic heterocycles. The molecule has 1 aromatic carbocycles. The number of amides is 2. The van der Waals surface area contributed by atoms with Crippen molar-refractivity contribution >= 4 is 23.3 Å². The Bertz CT molecular complexity index is 1760. The van der Waals surface area contributed by atoms with Crippen LogP contribution in [0.25, 0.3) is 11.3 Å². The molecule has 0 radical (unpaired) electrons. The van der Waals surface area contributed by atoms with Crippen LogP contribution < -0.4 is 9.64 Å². The maximum atomic E-state index is 15.9. The third-order valence-electron chi connectivity index (χ3n) is 9.16. The molecule has 4 heterocycles. The highest BCUT2D eigenvalue weighted by Gasteiger charge is 2.38. The minimum absolute atomic E-state index is 0.0981. The molecule has 2 aliphatic heterocycles. The third kappa shape index (κ3) is 6.67. The van der Waals surface area contributed by atoms with Crippen LogP contribution in [0.4, 0.5) is 20.3 Å². The maximum absolute atomic E-state index is 15.9. The normalized spacial score (nSPS) is 18.8. The number of benzene rings is 1. The Morgan fingerprint density at radius 2 is 1.94 bits per heavy atom. The largest absolute Gasteiger partial charge is 0.493 e. The highest BCUT2D eigenvalue weighted by atomic mass is 19.1. The van der Waals surface area contributed by atoms with Gasteiger partial charge >= 0.3 is 0 Å². The number of piperazine rings is 1. The molecule has 252 valence electrons. The van der Waals surface area contributed by atoms with E-state index in [0.717, 1.165) is 5.56 Å². The number of anilines is 2. The van der Waals surface area contributed by atoms with Gasteiger partial charge in [0, 0.05) is 37.9 Å². The van der Waals surface area contributed by atoms with Crippen molar-refractivity contribution in [1.29, 1.82) is 5.26 Å². The Morgan fingerprint density at radius 1 is 1.17 bits per heavy atom. The molecule has 0 aliphatic carbocycles. The van der Waals surface area contributed by atoms with Crippen LogP contribution in [0.15, 0.2) is 49.2 Å². The molecule has 3 aromatic rings. The number of fused-ring (bicyclic) bond motifs is 5. The number of rotatable bonds is 6. The van der Waals surface area contributed by atoms with Crippen LogP contribution in [0, 0.1) is 28.9 Å². The third-order valence-corrected chi connectivity index (χ3v) is 9.16. The number of aromatic nitrogens is 2. The zero-order valence-electron chi connectivity index (χ0n) is 28.2. The number of halogens is 2. The summed E-state index contributed by atoms with van der Waals surface area (Å²) in [5.41, 5.74) is 1.92. The summed E-state index contributed by atoms with van der Waals surface area (Å²) in [6, 6.07) is 9.37. The predicted molar refractivity (Wildman–Crippen MR) is 180 cm³/mol. The quantitative estimate of drug-likeness (QED) is 0.285. The predicted octanol–water partition coefficient (Wildman–Crippen LogP) is 6.34. The van der Waals surface area contributed by atoms with E-state index in [4.69, 9.17) is 9.72 Å². The molecule has 9 nitrogen and oxygen atoms in total. The lowest BCUT2D eigenvalue weighted by atomic mass is 9.97. The summed E-state index contributed by atoms with van der Waals surface area (Å²) in [5.74, 6) is -3.18. The highest BCUT2D eigenvalue weighted by Crippen LogP contribution is 2.41. The Labute approximate surface area is 280 Å². The molecule has 1 fully saturated rings. The molecule has 0 N–H and O–H groups in total. The number of ether oxygens (including phenoxy) is 1. The highest BCUT2D eigenvalue weighted by molar-refractivity contribution is 6.04. The summed E-state index contributed by atoms with van der Waals surface area (Å²) >= 11 is 0. The van der Waals surface area contributed by atoms with Gasteiger partial charge in [-0.2, -0.15) is 5.26 Å². The SMILES string of the molecule is C=CC(=O)N1CC(C)N(CC(C#N)C(=O)N2c3nc(c(F)cc3CC)-c3c(F)cccc3OCCCc3ccnc(C(C)C)c32)CC1C. The van der Waals surface area contributed by atoms with Gasteiger partial charge in [-0.1, -0.05) is 33.4 Å². The summed E-state index contributed by atoms with van der Waals surface area (Å²) in [4.78, 5) is 42.0. The topological polar surface area (TPSA) is 103 Å². The maximum Gasteiger partial charge on any atom is 0.251 e. The summed E-state index contributed by atoms with van der Waals surface area (Å²) in [6.07, 6.45) is 4.31. The average Bonchev–Trinajstić information content (AvgIpc) is 3.06. The Hall–Kier alpha value is -4.69. The van der Waals surface area contributed by atoms with Crippen LogP contribution in [0.3, 0.4) is 0 Å². The number of carbonyl (C=O) groups excluding carboxylic acids is 2. The summed E-state index contributed by atoms with van der Waals surface area (Å²) in [7, 11) is 0. The first kappa shape index (κ1) is 34.6. The molecule has 1 saturated heterocycles. The second kappa shape index (κ2) is 14.6. The van der Waals surface area contributed by atoms with E-state index >= 15 is 8.78 Å². The summed E-state index contributed by atoms with van der Waals surface area (Å²) in [6.45, 7) is 14.4. The van der Waals surface area contributed by atoms with Gasteiger partial charge < -0.3 is 9.64 Å². The Kier molecular flexibility index (Phi) is 10.5. The molecule has 0 spiro atoms. The molecular weight excluding hydrogens is 614 g/mol. The van der Waals surface area contributed by atoms with Crippen LogP contribution in [-0.2, 0) is 22.4 Å². The number of hydrogen-bond donors (Lipinski definition) is 0. The van der Waals surface area contributed by atoms with Gasteiger partial charge in [0.15, 0.2) is 0 Å². The Morgan fingerprint density at radius 3 is 2.62 bits per heavy atom. The first-order chi connectivity index (χ1) is 23.0. The van der Waals surface area contributed by atoms with Crippen molar-refractivity contribution in [2.45, 2.75) is 71.9 Å². The van der Waals surface area contributed by atoms with Gasteiger partial charge in [0.05, 0.1) is 29.6 Å². The van der Waals surface area contributed by atoms with Crippen molar-refractivity contribution in [1.82, 2.24) is 19.8 Å². The molecule has 3 unspecified atom stereocenters. The number of pyridine rings is 2. The second-order valence-electron chi connectivity index (χ2n) is 12.8. The van der Waals surface area contributed by atoms with Gasteiger partial charge in [-0.05, 0) is 80.5 Å². The van der Waals surface area contributed by atoms with Crippen molar-refractivity contribution < 1.29 is 23.1 Å². The van der Waals surface area contributed by atoms with E-state index in [-0.39, 0.29) is 59.9 Å². The van der Waals surface area contributed by atoms with Gasteiger partial charge in [-0.25, -0.2) is 13.8 Å².